The minimum absolute atomic E-state index is 0.200. The molecule has 15 nitrogen and oxygen atoms in total. The summed E-state index contributed by atoms with van der Waals surface area (Å²) in [7, 11) is -1.60. The van der Waals surface area contributed by atoms with Crippen molar-refractivity contribution in [1.29, 1.82) is 0 Å². The Hall–Kier alpha value is -5.05. The molecule has 1 aliphatic rings. The zero-order valence-electron chi connectivity index (χ0n) is 30.0. The second kappa shape index (κ2) is 19.5. The van der Waals surface area contributed by atoms with Crippen molar-refractivity contribution >= 4 is 35.9 Å². The van der Waals surface area contributed by atoms with E-state index in [1.165, 1.54) is 30.5 Å². The maximum absolute atomic E-state index is 13.2. The van der Waals surface area contributed by atoms with Crippen LogP contribution in [0.1, 0.15) is 32.7 Å². The van der Waals surface area contributed by atoms with Gasteiger partial charge in [-0.3, -0.25) is 14.3 Å². The third kappa shape index (κ3) is 12.2. The molecule has 55 heavy (non-hydrogen) atoms. The second-order valence-electron chi connectivity index (χ2n) is 12.5. The Balaban J connectivity index is 1.05. The van der Waals surface area contributed by atoms with E-state index in [0.717, 1.165) is 12.1 Å². The van der Waals surface area contributed by atoms with Crippen LogP contribution in [0.2, 0.25) is 0 Å². The molecule has 1 fully saturated rings. The first-order valence-corrected chi connectivity index (χ1v) is 17.5. The molecule has 4 aromatic rings. The lowest BCUT2D eigenvalue weighted by Gasteiger charge is -2.21. The van der Waals surface area contributed by atoms with Crippen molar-refractivity contribution in [2.75, 3.05) is 69.5 Å². The first-order chi connectivity index (χ1) is 26.4. The van der Waals surface area contributed by atoms with Gasteiger partial charge in [0.05, 0.1) is 63.5 Å². The largest absolute Gasteiger partial charge is 0.573 e. The average molecular weight is 771 g/mol. The van der Waals surface area contributed by atoms with Crippen LogP contribution in [-0.4, -0.2) is 121 Å². The van der Waals surface area contributed by atoms with Gasteiger partial charge in [0.15, 0.2) is 0 Å². The van der Waals surface area contributed by atoms with E-state index in [-0.39, 0.29) is 30.3 Å². The molecule has 0 spiro atoms. The number of amides is 2. The zero-order chi connectivity index (χ0) is 39.4. The fourth-order valence-corrected chi connectivity index (χ4v) is 5.78. The highest BCUT2D eigenvalue weighted by Gasteiger charge is 2.31. The van der Waals surface area contributed by atoms with Crippen LogP contribution in [0.25, 0.3) is 11.3 Å². The molecule has 0 bridgehead atoms. The summed E-state index contributed by atoms with van der Waals surface area (Å²) in [5, 5.41) is 38.7. The molecule has 294 valence electrons. The molecule has 0 aliphatic carbocycles. The number of aryl methyl sites for hydroxylation is 1. The molecule has 2 aromatic carbocycles. The van der Waals surface area contributed by atoms with Crippen LogP contribution < -0.4 is 25.7 Å². The van der Waals surface area contributed by atoms with Crippen molar-refractivity contribution < 1.29 is 56.9 Å². The number of hydrogen-bond acceptors (Lipinski definition) is 12. The van der Waals surface area contributed by atoms with Crippen LogP contribution in [0.3, 0.4) is 0 Å². The van der Waals surface area contributed by atoms with E-state index in [9.17, 15) is 37.9 Å². The van der Waals surface area contributed by atoms with Crippen molar-refractivity contribution in [2.24, 2.45) is 0 Å². The Morgan fingerprint density at radius 1 is 0.927 bits per heavy atom. The number of carbonyl (C=O) groups excluding carboxylic acids is 2. The SMILES string of the molecule is Cc1cc(C(=O)NCCOCCOCCOCCn2nccc2-c2cc(C(=O)Nc3ccc(OC(F)(F)F)cc3)cnc2N2CC[C@@H](O)C2)ccc1B(O)O. The lowest BCUT2D eigenvalue weighted by molar-refractivity contribution is -0.274. The maximum Gasteiger partial charge on any atom is 0.573 e. The highest BCUT2D eigenvalue weighted by molar-refractivity contribution is 6.59. The Kier molecular flexibility index (Phi) is 14.6. The molecule has 19 heteroatoms. The number of hydrogen-bond donors (Lipinski definition) is 5. The standard InChI is InChI=1S/C36H42BF3N6O9/c1-24-20-25(2-7-31(24)37(50)51)34(48)41-11-14-52-16-18-54-19-17-53-15-13-46-32(8-10-43-46)30-21-26(22-42-33(30)45-12-9-28(47)23-45)35(49)44-27-3-5-29(6-4-27)55-36(38,39)40/h2-8,10,20-22,28,47,50-51H,9,11-19,23H2,1H3,(H,41,48)(H,44,49)/t28-/m1/s1. The van der Waals surface area contributed by atoms with Gasteiger partial charge in [-0.15, -0.1) is 13.2 Å². The summed E-state index contributed by atoms with van der Waals surface area (Å²) >= 11 is 0. The van der Waals surface area contributed by atoms with Gasteiger partial charge in [0, 0.05) is 48.8 Å². The molecule has 5 rings (SSSR count). The summed E-state index contributed by atoms with van der Waals surface area (Å²) in [5.74, 6) is -0.680. The van der Waals surface area contributed by atoms with E-state index >= 15 is 0 Å². The first kappa shape index (κ1) is 41.1. The number of benzene rings is 2. The average Bonchev–Trinajstić information content (AvgIpc) is 3.80. The first-order valence-electron chi connectivity index (χ1n) is 17.5. The number of anilines is 2. The van der Waals surface area contributed by atoms with Gasteiger partial charge in [0.2, 0.25) is 0 Å². The minimum atomic E-state index is -4.83. The Morgan fingerprint density at radius 3 is 2.29 bits per heavy atom. The normalized spacial score (nSPS) is 14.2. The molecule has 2 aromatic heterocycles. The Labute approximate surface area is 315 Å². The number of ether oxygens (including phenoxy) is 4. The molecule has 2 amide bonds. The number of alkyl halides is 3. The van der Waals surface area contributed by atoms with Crippen LogP contribution in [0.15, 0.2) is 67.0 Å². The maximum atomic E-state index is 13.2. The number of halogens is 3. The van der Waals surface area contributed by atoms with Crippen LogP contribution >= 0.6 is 0 Å². The number of pyridine rings is 1. The molecule has 1 aliphatic heterocycles. The number of aromatic nitrogens is 3. The monoisotopic (exact) mass is 770 g/mol. The summed E-state index contributed by atoms with van der Waals surface area (Å²) in [5.41, 5.74) is 3.06. The highest BCUT2D eigenvalue weighted by Crippen LogP contribution is 2.32. The molecular weight excluding hydrogens is 728 g/mol. The van der Waals surface area contributed by atoms with Gasteiger partial charge < -0.3 is 49.6 Å². The fraction of sp³-hybridized carbons (Fsp3) is 0.389. The molecule has 3 heterocycles. The number of nitrogens with one attached hydrogen (secondary N) is 2. The van der Waals surface area contributed by atoms with Crippen LogP contribution in [0.5, 0.6) is 5.75 Å². The summed E-state index contributed by atoms with van der Waals surface area (Å²) in [6, 6.07) is 12.8. The molecule has 5 N–H and O–H groups in total. The van der Waals surface area contributed by atoms with Crippen molar-refractivity contribution in [3.8, 4) is 17.0 Å². The lowest BCUT2D eigenvalue weighted by atomic mass is 9.77. The predicted molar refractivity (Wildman–Crippen MR) is 195 cm³/mol. The third-order valence-corrected chi connectivity index (χ3v) is 8.46. The molecule has 1 atom stereocenters. The van der Waals surface area contributed by atoms with Gasteiger partial charge in [0.1, 0.15) is 11.6 Å². The van der Waals surface area contributed by atoms with E-state index in [1.807, 2.05) is 4.90 Å². The van der Waals surface area contributed by atoms with Gasteiger partial charge >= 0.3 is 13.5 Å². The topological polar surface area (TPSA) is 190 Å². The number of carbonyl (C=O) groups is 2. The van der Waals surface area contributed by atoms with Crippen molar-refractivity contribution in [3.63, 3.8) is 0 Å². The Morgan fingerprint density at radius 2 is 1.64 bits per heavy atom. The second-order valence-corrected chi connectivity index (χ2v) is 12.5. The van der Waals surface area contributed by atoms with Gasteiger partial charge in [-0.05, 0) is 67.3 Å². The molecule has 0 saturated carbocycles. The van der Waals surface area contributed by atoms with E-state index < -0.39 is 31.2 Å². The van der Waals surface area contributed by atoms with E-state index in [2.05, 4.69) is 25.5 Å². The zero-order valence-corrected chi connectivity index (χ0v) is 30.0. The smallest absolute Gasteiger partial charge is 0.423 e. The van der Waals surface area contributed by atoms with Crippen molar-refractivity contribution in [2.45, 2.75) is 32.4 Å². The van der Waals surface area contributed by atoms with Gasteiger partial charge in [-0.25, -0.2) is 4.98 Å². The highest BCUT2D eigenvalue weighted by atomic mass is 19.4. The van der Waals surface area contributed by atoms with Crippen LogP contribution in [0, 0.1) is 6.92 Å². The number of aliphatic hydroxyl groups excluding tert-OH is 1. The summed E-state index contributed by atoms with van der Waals surface area (Å²) in [6.45, 7) is 5.15. The molecule has 1 saturated heterocycles. The lowest BCUT2D eigenvalue weighted by Crippen LogP contribution is -2.33. The van der Waals surface area contributed by atoms with Crippen LogP contribution in [0.4, 0.5) is 24.7 Å². The van der Waals surface area contributed by atoms with E-state index in [0.29, 0.717) is 92.8 Å². The summed E-state index contributed by atoms with van der Waals surface area (Å²) < 4.78 is 60.0. The third-order valence-electron chi connectivity index (χ3n) is 8.46. The Bertz CT molecular complexity index is 1880. The van der Waals surface area contributed by atoms with E-state index in [4.69, 9.17) is 14.2 Å². The van der Waals surface area contributed by atoms with Crippen molar-refractivity contribution in [3.05, 3.63) is 83.7 Å². The molecule has 0 unspecified atom stereocenters. The van der Waals surface area contributed by atoms with Gasteiger partial charge in [0.25, 0.3) is 11.8 Å². The minimum Gasteiger partial charge on any atom is -0.423 e. The molecule has 0 radical (unpaired) electrons. The summed E-state index contributed by atoms with van der Waals surface area (Å²) in [4.78, 5) is 32.0. The number of aliphatic hydroxyl groups is 1. The fourth-order valence-electron chi connectivity index (χ4n) is 5.78. The number of nitrogens with zero attached hydrogens (tertiary/aromatic N) is 4. The quantitative estimate of drug-likeness (QED) is 0.0692. The molecular formula is C36H42BF3N6O9. The summed E-state index contributed by atoms with van der Waals surface area (Å²) in [6.07, 6.45) is -1.77. The van der Waals surface area contributed by atoms with Gasteiger partial charge in [-0.1, -0.05) is 11.6 Å². The number of β-amino-alcohol motifs (C(OH)–C–C–N with tert-alkyl or cyclic N) is 1. The number of rotatable bonds is 19. The predicted octanol–water partition coefficient (Wildman–Crippen LogP) is 2.14. The van der Waals surface area contributed by atoms with Crippen LogP contribution in [-0.2, 0) is 20.8 Å². The van der Waals surface area contributed by atoms with Crippen molar-refractivity contribution in [1.82, 2.24) is 20.1 Å². The van der Waals surface area contributed by atoms with E-state index in [1.54, 1.807) is 36.0 Å². The van der Waals surface area contributed by atoms with Gasteiger partial charge in [-0.2, -0.15) is 5.10 Å².